The minimum atomic E-state index is -0.198. The molecule has 3 N–H and O–H groups in total. The molecule has 1 amide bonds. The van der Waals surface area contributed by atoms with Gasteiger partial charge in [0, 0.05) is 45.0 Å². The molecule has 1 aliphatic heterocycles. The highest BCUT2D eigenvalue weighted by atomic mass is 127. The number of hydrogen-bond acceptors (Lipinski definition) is 4. The van der Waals surface area contributed by atoms with E-state index in [0.717, 1.165) is 38.4 Å². The molecule has 1 atom stereocenters. The lowest BCUT2D eigenvalue weighted by Crippen LogP contribution is -2.41. The first-order valence-electron chi connectivity index (χ1n) is 10.0. The second kappa shape index (κ2) is 15.9. The molecule has 0 spiro atoms. The van der Waals surface area contributed by atoms with E-state index in [9.17, 15) is 4.79 Å². The predicted octanol–water partition coefficient (Wildman–Crippen LogP) is 3.48. The van der Waals surface area contributed by atoms with E-state index in [1.807, 2.05) is 6.92 Å². The van der Waals surface area contributed by atoms with Gasteiger partial charge in [0.25, 0.3) is 5.91 Å². The van der Waals surface area contributed by atoms with E-state index in [1.165, 1.54) is 0 Å². The minimum absolute atomic E-state index is 0. The molecule has 0 radical (unpaired) electrons. The molecule has 30 heavy (non-hydrogen) atoms. The highest BCUT2D eigenvalue weighted by molar-refractivity contribution is 14.0. The fourth-order valence-electron chi connectivity index (χ4n) is 2.79. The summed E-state index contributed by atoms with van der Waals surface area (Å²) in [5.74, 6) is 0.520. The van der Waals surface area contributed by atoms with Gasteiger partial charge in [-0.05, 0) is 44.4 Å². The summed E-state index contributed by atoms with van der Waals surface area (Å²) in [6.07, 6.45) is 3.33. The Morgan fingerprint density at radius 3 is 2.73 bits per heavy atom. The number of aliphatic imine (C=N–C) groups is 1. The zero-order chi connectivity index (χ0) is 20.9. The van der Waals surface area contributed by atoms with Crippen LogP contribution in [0.15, 0.2) is 23.2 Å². The molecule has 0 saturated carbocycles. The third-order valence-electron chi connectivity index (χ3n) is 4.27. The number of halogens is 3. The fourth-order valence-corrected chi connectivity index (χ4v) is 3.08. The van der Waals surface area contributed by atoms with Crippen LogP contribution in [0.3, 0.4) is 0 Å². The van der Waals surface area contributed by atoms with Crippen molar-refractivity contribution in [2.75, 3.05) is 46.0 Å². The van der Waals surface area contributed by atoms with Crippen LogP contribution in [0, 0.1) is 0 Å². The first-order valence-corrected chi connectivity index (χ1v) is 10.8. The largest absolute Gasteiger partial charge is 0.379 e. The lowest BCUT2D eigenvalue weighted by Gasteiger charge is -2.12. The maximum absolute atomic E-state index is 12.1. The van der Waals surface area contributed by atoms with Gasteiger partial charge in [0.15, 0.2) is 5.96 Å². The van der Waals surface area contributed by atoms with Crippen LogP contribution in [0.1, 0.15) is 36.5 Å². The van der Waals surface area contributed by atoms with Crippen molar-refractivity contribution in [3.05, 3.63) is 33.8 Å². The van der Waals surface area contributed by atoms with E-state index in [2.05, 4.69) is 20.9 Å². The van der Waals surface area contributed by atoms with E-state index in [1.54, 1.807) is 18.2 Å². The van der Waals surface area contributed by atoms with Crippen molar-refractivity contribution in [2.24, 2.45) is 4.99 Å². The Kier molecular flexibility index (Phi) is 14.4. The van der Waals surface area contributed by atoms with E-state index in [-0.39, 0.29) is 36.0 Å². The summed E-state index contributed by atoms with van der Waals surface area (Å²) in [6, 6.07) is 4.81. The third kappa shape index (κ3) is 10.5. The molecular formula is C20H31Cl2IN4O3. The number of rotatable bonds is 11. The van der Waals surface area contributed by atoms with Crippen molar-refractivity contribution in [3.8, 4) is 0 Å². The van der Waals surface area contributed by atoms with Gasteiger partial charge in [-0.25, -0.2) is 0 Å². The zero-order valence-corrected chi connectivity index (χ0v) is 21.1. The van der Waals surface area contributed by atoms with Gasteiger partial charge in [-0.15, -0.1) is 24.0 Å². The number of nitrogens with zero attached hydrogens (tertiary/aromatic N) is 1. The highest BCUT2D eigenvalue weighted by Gasteiger charge is 2.14. The number of guanidine groups is 1. The number of carbonyl (C=O) groups is 1. The van der Waals surface area contributed by atoms with Crippen molar-refractivity contribution >= 4 is 59.0 Å². The molecule has 10 heteroatoms. The number of hydrogen-bond donors (Lipinski definition) is 3. The highest BCUT2D eigenvalue weighted by Crippen LogP contribution is 2.22. The molecule has 7 nitrogen and oxygen atoms in total. The molecule has 1 unspecified atom stereocenters. The summed E-state index contributed by atoms with van der Waals surface area (Å²) in [6.45, 7) is 6.62. The maximum atomic E-state index is 12.1. The topological polar surface area (TPSA) is 84.0 Å². The van der Waals surface area contributed by atoms with E-state index in [4.69, 9.17) is 32.7 Å². The molecule has 0 bridgehead atoms. The number of nitrogens with one attached hydrogen (secondary N) is 3. The number of carbonyl (C=O) groups excluding carboxylic acids is 1. The van der Waals surface area contributed by atoms with Gasteiger partial charge < -0.3 is 25.4 Å². The minimum Gasteiger partial charge on any atom is -0.379 e. The van der Waals surface area contributed by atoms with Crippen LogP contribution in [0.2, 0.25) is 10.0 Å². The van der Waals surface area contributed by atoms with Crippen molar-refractivity contribution in [3.63, 3.8) is 0 Å². The molecule has 1 aliphatic rings. The summed E-state index contributed by atoms with van der Waals surface area (Å²) in [4.78, 5) is 16.7. The van der Waals surface area contributed by atoms with Crippen LogP contribution in [0.5, 0.6) is 0 Å². The molecule has 2 rings (SSSR count). The molecule has 1 aromatic rings. The summed E-state index contributed by atoms with van der Waals surface area (Å²) in [5.41, 5.74) is 0.475. The monoisotopic (exact) mass is 572 g/mol. The molecule has 1 heterocycles. The van der Waals surface area contributed by atoms with Gasteiger partial charge in [-0.2, -0.15) is 0 Å². The summed E-state index contributed by atoms with van der Waals surface area (Å²) in [5, 5.41) is 10.0. The zero-order valence-electron chi connectivity index (χ0n) is 17.2. The summed E-state index contributed by atoms with van der Waals surface area (Å²) < 4.78 is 11.2. The molecule has 0 aromatic heterocycles. The third-order valence-corrected chi connectivity index (χ3v) is 5.01. The van der Waals surface area contributed by atoms with Crippen molar-refractivity contribution in [1.82, 2.24) is 16.0 Å². The van der Waals surface area contributed by atoms with Gasteiger partial charge in [0.2, 0.25) is 0 Å². The van der Waals surface area contributed by atoms with Crippen molar-refractivity contribution in [1.29, 1.82) is 0 Å². The Balaban J connectivity index is 0.00000450. The first kappa shape index (κ1) is 27.2. The number of ether oxygens (including phenoxy) is 2. The van der Waals surface area contributed by atoms with E-state index in [0.29, 0.717) is 48.5 Å². The van der Waals surface area contributed by atoms with Crippen LogP contribution in [-0.4, -0.2) is 64.0 Å². The van der Waals surface area contributed by atoms with Crippen LogP contribution in [0.25, 0.3) is 0 Å². The van der Waals surface area contributed by atoms with Crippen molar-refractivity contribution < 1.29 is 14.3 Å². The maximum Gasteiger partial charge on any atom is 0.251 e. The average molecular weight is 573 g/mol. The van der Waals surface area contributed by atoms with Crippen LogP contribution in [-0.2, 0) is 9.47 Å². The normalized spacial score (nSPS) is 16.1. The van der Waals surface area contributed by atoms with Gasteiger partial charge in [-0.3, -0.25) is 9.79 Å². The van der Waals surface area contributed by atoms with E-state index >= 15 is 0 Å². The van der Waals surface area contributed by atoms with Gasteiger partial charge in [-0.1, -0.05) is 23.2 Å². The quantitative estimate of drug-likeness (QED) is 0.164. The van der Waals surface area contributed by atoms with Gasteiger partial charge >= 0.3 is 0 Å². The molecule has 1 fully saturated rings. The number of benzene rings is 1. The standard InChI is InChI=1S/C20H30Cl2N4O3.HI/c1-2-23-20(25-8-4-11-28-14-16-5-3-12-29-16)26-10-9-24-19(27)15-6-7-17(21)18(22)13-15;/h6-7,13,16H,2-5,8-12,14H2,1H3,(H,24,27)(H2,23,25,26);1H. The second-order valence-corrected chi connectivity index (χ2v) is 7.45. The van der Waals surface area contributed by atoms with Gasteiger partial charge in [0.05, 0.1) is 22.8 Å². The number of amides is 1. The smallest absolute Gasteiger partial charge is 0.251 e. The summed E-state index contributed by atoms with van der Waals surface area (Å²) in [7, 11) is 0. The Morgan fingerprint density at radius 1 is 1.23 bits per heavy atom. The Labute approximate surface area is 205 Å². The SMILES string of the molecule is CCNC(=NCCCOCC1CCCO1)NCCNC(=O)c1ccc(Cl)c(Cl)c1.I. The average Bonchev–Trinajstić information content (AvgIpc) is 3.23. The molecular weight excluding hydrogens is 542 g/mol. The van der Waals surface area contributed by atoms with Crippen LogP contribution >= 0.6 is 47.2 Å². The lowest BCUT2D eigenvalue weighted by molar-refractivity contribution is 0.0171. The van der Waals surface area contributed by atoms with E-state index < -0.39 is 0 Å². The predicted molar refractivity (Wildman–Crippen MR) is 133 cm³/mol. The molecule has 170 valence electrons. The Morgan fingerprint density at radius 2 is 2.03 bits per heavy atom. The fraction of sp³-hybridized carbons (Fsp3) is 0.600. The summed E-state index contributed by atoms with van der Waals surface area (Å²) >= 11 is 11.8. The van der Waals surface area contributed by atoms with Crippen LogP contribution < -0.4 is 16.0 Å². The molecule has 1 saturated heterocycles. The molecule has 0 aliphatic carbocycles. The Hall–Kier alpha value is -0.810. The first-order chi connectivity index (χ1) is 14.1. The van der Waals surface area contributed by atoms with Crippen molar-refractivity contribution in [2.45, 2.75) is 32.3 Å². The van der Waals surface area contributed by atoms with Crippen LogP contribution in [0.4, 0.5) is 0 Å². The van der Waals surface area contributed by atoms with Gasteiger partial charge in [0.1, 0.15) is 0 Å². The lowest BCUT2D eigenvalue weighted by atomic mass is 10.2. The molecule has 1 aromatic carbocycles. The second-order valence-electron chi connectivity index (χ2n) is 6.64. The Bertz CT molecular complexity index is 673.